The molecule has 90 valence electrons. The first kappa shape index (κ1) is 11.9. The predicted molar refractivity (Wildman–Crippen MR) is 67.8 cm³/mol. The lowest BCUT2D eigenvalue weighted by molar-refractivity contribution is 0.279. The van der Waals surface area contributed by atoms with Crippen LogP contribution in [0.25, 0.3) is 0 Å². The zero-order valence-corrected chi connectivity index (χ0v) is 9.97. The van der Waals surface area contributed by atoms with E-state index < -0.39 is 0 Å². The van der Waals surface area contributed by atoms with Crippen LogP contribution in [-0.2, 0) is 0 Å². The van der Waals surface area contributed by atoms with Crippen LogP contribution in [0.3, 0.4) is 0 Å². The number of aliphatic hydroxyl groups is 1. The fraction of sp³-hybridized carbons (Fsp3) is 0.500. The maximum absolute atomic E-state index is 8.91. The van der Waals surface area contributed by atoms with Crippen LogP contribution in [0.15, 0.2) is 24.3 Å². The summed E-state index contributed by atoms with van der Waals surface area (Å²) in [6.07, 6.45) is 4.29. The summed E-state index contributed by atoms with van der Waals surface area (Å²) in [5, 5.41) is 17.8. The number of hydrogen-bond donors (Lipinski definition) is 1. The number of nitrogens with zero attached hydrogens (tertiary/aromatic N) is 2. The van der Waals surface area contributed by atoms with Crippen LogP contribution < -0.4 is 4.90 Å². The Morgan fingerprint density at radius 1 is 1.47 bits per heavy atom. The molecule has 0 spiro atoms. The minimum absolute atomic E-state index is 0.266. The summed E-state index contributed by atoms with van der Waals surface area (Å²) in [5.41, 5.74) is 1.86. The Morgan fingerprint density at radius 2 is 2.35 bits per heavy atom. The van der Waals surface area contributed by atoms with Crippen LogP contribution in [-0.4, -0.2) is 24.3 Å². The van der Waals surface area contributed by atoms with Gasteiger partial charge in [0.25, 0.3) is 0 Å². The van der Waals surface area contributed by atoms with E-state index in [2.05, 4.69) is 17.0 Å². The fourth-order valence-electron chi connectivity index (χ4n) is 2.56. The molecule has 0 saturated carbocycles. The molecule has 1 fully saturated rings. The highest BCUT2D eigenvalue weighted by atomic mass is 16.2. The summed E-state index contributed by atoms with van der Waals surface area (Å²) in [6.45, 7) is 1.33. The van der Waals surface area contributed by atoms with E-state index in [0.717, 1.165) is 30.6 Å². The Kier molecular flexibility index (Phi) is 4.00. The van der Waals surface area contributed by atoms with Crippen molar-refractivity contribution in [3.8, 4) is 6.07 Å². The van der Waals surface area contributed by atoms with Crippen LogP contribution in [0.2, 0.25) is 0 Å². The average Bonchev–Trinajstić information content (AvgIpc) is 2.84. The molecule has 1 aliphatic rings. The number of rotatable bonds is 4. The van der Waals surface area contributed by atoms with Crippen molar-refractivity contribution in [2.24, 2.45) is 0 Å². The van der Waals surface area contributed by atoms with Gasteiger partial charge in [0.1, 0.15) is 0 Å². The lowest BCUT2D eigenvalue weighted by atomic mass is 10.1. The third kappa shape index (κ3) is 2.78. The van der Waals surface area contributed by atoms with Gasteiger partial charge < -0.3 is 10.0 Å². The molecule has 1 aliphatic heterocycles. The van der Waals surface area contributed by atoms with Gasteiger partial charge in [0.2, 0.25) is 0 Å². The Labute approximate surface area is 102 Å². The second-order valence-electron chi connectivity index (χ2n) is 4.52. The number of hydrogen-bond acceptors (Lipinski definition) is 3. The van der Waals surface area contributed by atoms with Gasteiger partial charge in [-0.05, 0) is 43.9 Å². The van der Waals surface area contributed by atoms with Gasteiger partial charge in [0.05, 0.1) is 11.6 Å². The SMILES string of the molecule is N#Cc1cccc(N2CCCC2CCCO)c1. The van der Waals surface area contributed by atoms with E-state index >= 15 is 0 Å². The highest BCUT2D eigenvalue weighted by Gasteiger charge is 2.24. The van der Waals surface area contributed by atoms with E-state index in [1.54, 1.807) is 0 Å². The standard InChI is InChI=1S/C14H18N2O/c15-11-12-4-1-5-14(10-12)16-8-2-6-13(16)7-3-9-17/h1,4-5,10,13,17H,2-3,6-9H2. The molecule has 2 rings (SSSR count). The average molecular weight is 230 g/mol. The Morgan fingerprint density at radius 3 is 3.12 bits per heavy atom. The molecule has 0 radical (unpaired) electrons. The molecule has 1 heterocycles. The maximum Gasteiger partial charge on any atom is 0.0992 e. The topological polar surface area (TPSA) is 47.3 Å². The number of aliphatic hydroxyl groups excluding tert-OH is 1. The van der Waals surface area contributed by atoms with Gasteiger partial charge in [0.15, 0.2) is 0 Å². The summed E-state index contributed by atoms with van der Waals surface area (Å²) in [7, 11) is 0. The summed E-state index contributed by atoms with van der Waals surface area (Å²) in [4.78, 5) is 2.37. The largest absolute Gasteiger partial charge is 0.396 e. The minimum atomic E-state index is 0.266. The predicted octanol–water partition coefficient (Wildman–Crippen LogP) is 2.30. The lowest BCUT2D eigenvalue weighted by Crippen LogP contribution is -2.29. The molecule has 0 bridgehead atoms. The van der Waals surface area contributed by atoms with Gasteiger partial charge in [-0.25, -0.2) is 0 Å². The second-order valence-corrected chi connectivity index (χ2v) is 4.52. The third-order valence-electron chi connectivity index (χ3n) is 3.38. The Balaban J connectivity index is 2.12. The first-order valence-corrected chi connectivity index (χ1v) is 6.23. The number of benzene rings is 1. The van der Waals surface area contributed by atoms with Crippen molar-refractivity contribution in [3.63, 3.8) is 0 Å². The normalized spacial score (nSPS) is 19.3. The molecule has 1 aromatic rings. The van der Waals surface area contributed by atoms with Crippen molar-refractivity contribution in [1.29, 1.82) is 5.26 Å². The summed E-state index contributed by atoms with van der Waals surface area (Å²) in [6, 6.07) is 10.5. The van der Waals surface area contributed by atoms with E-state index in [1.165, 1.54) is 12.8 Å². The van der Waals surface area contributed by atoms with Gasteiger partial charge in [0, 0.05) is 24.9 Å². The first-order chi connectivity index (χ1) is 8.35. The first-order valence-electron chi connectivity index (χ1n) is 6.23. The van der Waals surface area contributed by atoms with E-state index in [-0.39, 0.29) is 6.61 Å². The molecule has 1 N–H and O–H groups in total. The summed E-state index contributed by atoms with van der Waals surface area (Å²) < 4.78 is 0. The molecule has 3 nitrogen and oxygen atoms in total. The quantitative estimate of drug-likeness (QED) is 0.863. The highest BCUT2D eigenvalue weighted by Crippen LogP contribution is 2.28. The Bertz CT molecular complexity index is 411. The molecule has 0 aromatic heterocycles. The molecule has 1 saturated heterocycles. The van der Waals surface area contributed by atoms with Crippen molar-refractivity contribution >= 4 is 5.69 Å². The van der Waals surface area contributed by atoms with Crippen LogP contribution >= 0.6 is 0 Å². The monoisotopic (exact) mass is 230 g/mol. The molecule has 17 heavy (non-hydrogen) atoms. The fourth-order valence-corrected chi connectivity index (χ4v) is 2.56. The summed E-state index contributed by atoms with van der Waals surface area (Å²) >= 11 is 0. The highest BCUT2D eigenvalue weighted by molar-refractivity contribution is 5.52. The van der Waals surface area contributed by atoms with Gasteiger partial charge in [-0.15, -0.1) is 0 Å². The van der Waals surface area contributed by atoms with Crippen molar-refractivity contribution in [3.05, 3.63) is 29.8 Å². The summed E-state index contributed by atoms with van der Waals surface area (Å²) in [5.74, 6) is 0. The smallest absolute Gasteiger partial charge is 0.0992 e. The van der Waals surface area contributed by atoms with Gasteiger partial charge in [-0.2, -0.15) is 5.26 Å². The zero-order valence-electron chi connectivity index (χ0n) is 9.97. The molecule has 1 unspecified atom stereocenters. The maximum atomic E-state index is 8.91. The van der Waals surface area contributed by atoms with Crippen molar-refractivity contribution in [1.82, 2.24) is 0 Å². The van der Waals surface area contributed by atoms with Gasteiger partial charge in [-0.1, -0.05) is 6.07 Å². The van der Waals surface area contributed by atoms with Crippen LogP contribution in [0.4, 0.5) is 5.69 Å². The number of anilines is 1. The van der Waals surface area contributed by atoms with Crippen LogP contribution in [0.1, 0.15) is 31.2 Å². The van der Waals surface area contributed by atoms with Gasteiger partial charge in [-0.3, -0.25) is 0 Å². The van der Waals surface area contributed by atoms with E-state index in [0.29, 0.717) is 6.04 Å². The van der Waals surface area contributed by atoms with Crippen molar-refractivity contribution in [2.75, 3.05) is 18.1 Å². The van der Waals surface area contributed by atoms with Crippen LogP contribution in [0, 0.1) is 11.3 Å². The van der Waals surface area contributed by atoms with E-state index in [4.69, 9.17) is 10.4 Å². The molecular weight excluding hydrogens is 212 g/mol. The third-order valence-corrected chi connectivity index (χ3v) is 3.38. The molecule has 1 atom stereocenters. The molecule has 0 amide bonds. The van der Waals surface area contributed by atoms with Crippen molar-refractivity contribution in [2.45, 2.75) is 31.7 Å². The minimum Gasteiger partial charge on any atom is -0.396 e. The van der Waals surface area contributed by atoms with Crippen molar-refractivity contribution < 1.29 is 5.11 Å². The van der Waals surface area contributed by atoms with E-state index in [1.807, 2.05) is 18.2 Å². The Hall–Kier alpha value is -1.53. The van der Waals surface area contributed by atoms with Gasteiger partial charge >= 0.3 is 0 Å². The lowest BCUT2D eigenvalue weighted by Gasteiger charge is -2.26. The number of nitriles is 1. The van der Waals surface area contributed by atoms with E-state index in [9.17, 15) is 0 Å². The molecule has 0 aliphatic carbocycles. The molecule has 1 aromatic carbocycles. The zero-order chi connectivity index (χ0) is 12.1. The molecular formula is C14H18N2O. The second kappa shape index (κ2) is 5.70. The van der Waals surface area contributed by atoms with Crippen LogP contribution in [0.5, 0.6) is 0 Å². The molecule has 3 heteroatoms.